The predicted octanol–water partition coefficient (Wildman–Crippen LogP) is 2.80. The zero-order chi connectivity index (χ0) is 16.5. The van der Waals surface area contributed by atoms with Crippen molar-refractivity contribution in [3.05, 3.63) is 48.8 Å². The summed E-state index contributed by atoms with van der Waals surface area (Å²) >= 11 is 0. The lowest BCUT2D eigenvalue weighted by Crippen LogP contribution is -2.32. The molecule has 2 aromatic rings. The molecule has 0 aliphatic rings. The number of carbonyl (C=O) groups excluding carboxylic acids is 1. The van der Waals surface area contributed by atoms with Crippen molar-refractivity contribution in [1.29, 1.82) is 0 Å². The highest BCUT2D eigenvalue weighted by Crippen LogP contribution is 2.29. The van der Waals surface area contributed by atoms with Crippen molar-refractivity contribution in [2.45, 2.75) is 25.8 Å². The van der Waals surface area contributed by atoms with E-state index in [2.05, 4.69) is 9.88 Å². The van der Waals surface area contributed by atoms with Crippen molar-refractivity contribution in [3.63, 3.8) is 0 Å². The van der Waals surface area contributed by atoms with Crippen LogP contribution < -0.4 is 19.4 Å². The molecular weight excluding hydrogens is 292 g/mol. The molecule has 1 aromatic heterocycles. The van der Waals surface area contributed by atoms with E-state index in [9.17, 15) is 4.79 Å². The monoisotopic (exact) mass is 315 g/mol. The van der Waals surface area contributed by atoms with Gasteiger partial charge in [0.25, 0.3) is 0 Å². The van der Waals surface area contributed by atoms with E-state index >= 15 is 0 Å². The van der Waals surface area contributed by atoms with E-state index in [4.69, 9.17) is 9.47 Å². The Morgan fingerprint density at radius 2 is 1.87 bits per heavy atom. The van der Waals surface area contributed by atoms with Gasteiger partial charge in [0, 0.05) is 31.0 Å². The van der Waals surface area contributed by atoms with Crippen LogP contribution in [0.3, 0.4) is 0 Å². The van der Waals surface area contributed by atoms with Crippen LogP contribution in [-0.2, 0) is 11.3 Å². The van der Waals surface area contributed by atoms with Gasteiger partial charge in [0.05, 0.1) is 19.9 Å². The van der Waals surface area contributed by atoms with Gasteiger partial charge >= 0.3 is 0 Å². The number of aromatic nitrogens is 1. The fourth-order valence-corrected chi connectivity index (χ4v) is 2.28. The number of benzene rings is 1. The first-order chi connectivity index (χ1) is 11.2. The Balaban J connectivity index is 1.78. The van der Waals surface area contributed by atoms with Gasteiger partial charge in [-0.2, -0.15) is 0 Å². The highest BCUT2D eigenvalue weighted by atomic mass is 16.5. The largest absolute Gasteiger partial charge is 0.497 e. The molecule has 0 atom stereocenters. The third-order valence-electron chi connectivity index (χ3n) is 3.53. The van der Waals surface area contributed by atoms with Crippen LogP contribution in [0.25, 0.3) is 0 Å². The van der Waals surface area contributed by atoms with Gasteiger partial charge in [0.15, 0.2) is 12.4 Å². The quantitative estimate of drug-likeness (QED) is 0.602. The van der Waals surface area contributed by atoms with Crippen LogP contribution in [0.15, 0.2) is 48.8 Å². The van der Waals surface area contributed by atoms with Gasteiger partial charge in [-0.3, -0.25) is 4.79 Å². The molecule has 1 heterocycles. The standard InChI is InChI=1S/C18H22N2O3/c1-22-15-9-10-16(17(14-15)23-2)19-18(21)8-4-7-13-20-11-5-3-6-12-20/h3,5-6,9-12,14H,4,7-8,13H2,1-2H3/p+1. The second-order valence-electron chi connectivity index (χ2n) is 5.18. The molecule has 0 fully saturated rings. The number of methoxy groups -OCH3 is 2. The number of nitrogens with one attached hydrogen (secondary N) is 1. The molecule has 5 heteroatoms. The number of ether oxygens (including phenoxy) is 2. The molecule has 0 bridgehead atoms. The lowest BCUT2D eigenvalue weighted by atomic mass is 10.2. The van der Waals surface area contributed by atoms with Crippen LogP contribution in [-0.4, -0.2) is 20.1 Å². The fourth-order valence-electron chi connectivity index (χ4n) is 2.28. The highest BCUT2D eigenvalue weighted by Gasteiger charge is 2.09. The third kappa shape index (κ3) is 5.29. The minimum atomic E-state index is -0.00784. The maximum absolute atomic E-state index is 12.0. The van der Waals surface area contributed by atoms with Crippen molar-refractivity contribution in [2.75, 3.05) is 19.5 Å². The predicted molar refractivity (Wildman–Crippen MR) is 88.7 cm³/mol. The number of unbranched alkanes of at least 4 members (excludes halogenated alkanes) is 1. The Labute approximate surface area is 136 Å². The van der Waals surface area contributed by atoms with E-state index in [1.54, 1.807) is 32.4 Å². The molecule has 0 aliphatic heterocycles. The van der Waals surface area contributed by atoms with E-state index in [1.807, 2.05) is 30.6 Å². The number of rotatable bonds is 8. The number of carbonyl (C=O) groups is 1. The van der Waals surface area contributed by atoms with Gasteiger partial charge < -0.3 is 14.8 Å². The van der Waals surface area contributed by atoms with Crippen LogP contribution in [0.5, 0.6) is 11.5 Å². The maximum Gasteiger partial charge on any atom is 0.224 e. The summed E-state index contributed by atoms with van der Waals surface area (Å²) in [5.74, 6) is 1.28. The van der Waals surface area contributed by atoms with Crippen LogP contribution in [0.2, 0.25) is 0 Å². The SMILES string of the molecule is COc1ccc(NC(=O)CCCC[n+]2ccccc2)c(OC)c1. The van der Waals surface area contributed by atoms with Gasteiger partial charge in [-0.05, 0) is 18.6 Å². The number of amides is 1. The summed E-state index contributed by atoms with van der Waals surface area (Å²) in [6, 6.07) is 11.3. The summed E-state index contributed by atoms with van der Waals surface area (Å²) in [5, 5.41) is 2.89. The summed E-state index contributed by atoms with van der Waals surface area (Å²) < 4.78 is 12.5. The first kappa shape index (κ1) is 16.8. The lowest BCUT2D eigenvalue weighted by Gasteiger charge is -2.11. The Morgan fingerprint density at radius 1 is 1.09 bits per heavy atom. The van der Waals surface area contributed by atoms with Gasteiger partial charge in [-0.15, -0.1) is 0 Å². The molecule has 2 rings (SSSR count). The molecule has 0 radical (unpaired) electrons. The van der Waals surface area contributed by atoms with Crippen LogP contribution in [0.1, 0.15) is 19.3 Å². The molecule has 1 aromatic carbocycles. The molecule has 5 nitrogen and oxygen atoms in total. The van der Waals surface area contributed by atoms with E-state index in [0.29, 0.717) is 23.6 Å². The Hall–Kier alpha value is -2.56. The maximum atomic E-state index is 12.0. The molecule has 1 amide bonds. The number of hydrogen-bond donors (Lipinski definition) is 1. The van der Waals surface area contributed by atoms with Gasteiger partial charge in [0.2, 0.25) is 5.91 Å². The van der Waals surface area contributed by atoms with E-state index in [-0.39, 0.29) is 5.91 Å². The molecule has 0 spiro atoms. The molecule has 0 saturated heterocycles. The fraction of sp³-hybridized carbons (Fsp3) is 0.333. The van der Waals surface area contributed by atoms with Crippen LogP contribution in [0.4, 0.5) is 5.69 Å². The molecule has 1 N–H and O–H groups in total. The molecular formula is C18H23N2O3+. The lowest BCUT2D eigenvalue weighted by molar-refractivity contribution is -0.697. The topological polar surface area (TPSA) is 51.4 Å². The molecule has 0 saturated carbocycles. The zero-order valence-corrected chi connectivity index (χ0v) is 13.6. The Kier molecular flexibility index (Phi) is 6.41. The smallest absolute Gasteiger partial charge is 0.224 e. The van der Waals surface area contributed by atoms with Crippen LogP contribution in [0, 0.1) is 0 Å². The summed E-state index contributed by atoms with van der Waals surface area (Å²) in [4.78, 5) is 12.0. The normalized spacial score (nSPS) is 10.2. The third-order valence-corrected chi connectivity index (χ3v) is 3.53. The van der Waals surface area contributed by atoms with Crippen molar-refractivity contribution >= 4 is 11.6 Å². The van der Waals surface area contributed by atoms with Crippen molar-refractivity contribution in [1.82, 2.24) is 0 Å². The number of aryl methyl sites for hydroxylation is 1. The van der Waals surface area contributed by atoms with Crippen LogP contribution >= 0.6 is 0 Å². The summed E-state index contributed by atoms with van der Waals surface area (Å²) in [5.41, 5.74) is 0.663. The van der Waals surface area contributed by atoms with E-state index < -0.39 is 0 Å². The average Bonchev–Trinajstić information content (AvgIpc) is 2.60. The molecule has 0 aliphatic carbocycles. The summed E-state index contributed by atoms with van der Waals surface area (Å²) in [7, 11) is 3.17. The average molecular weight is 315 g/mol. The first-order valence-corrected chi connectivity index (χ1v) is 7.69. The minimum absolute atomic E-state index is 0.00784. The first-order valence-electron chi connectivity index (χ1n) is 7.69. The molecule has 23 heavy (non-hydrogen) atoms. The summed E-state index contributed by atoms with van der Waals surface area (Å²) in [6.07, 6.45) is 6.35. The second-order valence-corrected chi connectivity index (χ2v) is 5.18. The van der Waals surface area contributed by atoms with Crippen molar-refractivity contribution in [2.24, 2.45) is 0 Å². The number of pyridine rings is 1. The van der Waals surface area contributed by atoms with Gasteiger partial charge in [0.1, 0.15) is 18.0 Å². The van der Waals surface area contributed by atoms with E-state index in [0.717, 1.165) is 19.4 Å². The number of anilines is 1. The van der Waals surface area contributed by atoms with Gasteiger partial charge in [-0.25, -0.2) is 4.57 Å². The number of nitrogens with zero attached hydrogens (tertiary/aromatic N) is 1. The number of hydrogen-bond acceptors (Lipinski definition) is 3. The zero-order valence-electron chi connectivity index (χ0n) is 13.6. The van der Waals surface area contributed by atoms with Crippen molar-refractivity contribution in [3.8, 4) is 11.5 Å². The summed E-state index contributed by atoms with van der Waals surface area (Å²) in [6.45, 7) is 0.917. The van der Waals surface area contributed by atoms with Crippen molar-refractivity contribution < 1.29 is 18.8 Å². The molecule has 122 valence electrons. The minimum Gasteiger partial charge on any atom is -0.497 e. The Bertz CT molecular complexity index is 629. The second kappa shape index (κ2) is 8.78. The Morgan fingerprint density at radius 3 is 2.57 bits per heavy atom. The van der Waals surface area contributed by atoms with E-state index in [1.165, 1.54) is 0 Å². The van der Waals surface area contributed by atoms with Gasteiger partial charge in [-0.1, -0.05) is 6.07 Å². The molecule has 0 unspecified atom stereocenters. The highest BCUT2D eigenvalue weighted by molar-refractivity contribution is 5.92.